The van der Waals surface area contributed by atoms with Gasteiger partial charge in [-0.25, -0.2) is 13.1 Å². The molecule has 0 aliphatic heterocycles. The molecule has 1 aromatic rings. The molecule has 1 aromatic carbocycles. The first-order chi connectivity index (χ1) is 8.92. The number of carboxylic acid groups (broad SMARTS) is 1. The minimum Gasteiger partial charge on any atom is -0.481 e. The average Bonchev–Trinajstić information content (AvgIpc) is 2.34. The molecule has 0 amide bonds. The normalized spacial score (nSPS) is 11.4. The Morgan fingerprint density at radius 2 is 1.79 bits per heavy atom. The van der Waals surface area contributed by atoms with Crippen LogP contribution in [-0.4, -0.2) is 26.0 Å². The van der Waals surface area contributed by atoms with Gasteiger partial charge in [-0.2, -0.15) is 0 Å². The fourth-order valence-electron chi connectivity index (χ4n) is 1.48. The van der Waals surface area contributed by atoms with Crippen LogP contribution in [0.5, 0.6) is 0 Å². The van der Waals surface area contributed by atoms with Gasteiger partial charge in [-0.05, 0) is 37.1 Å². The summed E-state index contributed by atoms with van der Waals surface area (Å²) in [6.45, 7) is 0.317. The molecule has 2 N–H and O–H groups in total. The first kappa shape index (κ1) is 16.1. The molecule has 0 saturated carbocycles. The van der Waals surface area contributed by atoms with Gasteiger partial charge in [0.1, 0.15) is 0 Å². The number of nitrogens with one attached hydrogen (secondary N) is 1. The second kappa shape index (κ2) is 7.62. The van der Waals surface area contributed by atoms with E-state index < -0.39 is 16.0 Å². The largest absolute Gasteiger partial charge is 0.481 e. The Hall–Kier alpha value is -0.920. The lowest BCUT2D eigenvalue weighted by Gasteiger charge is -2.06. The predicted octanol–water partition coefficient (Wildman–Crippen LogP) is 2.37. The van der Waals surface area contributed by atoms with Crippen molar-refractivity contribution < 1.29 is 18.3 Å². The fraction of sp³-hybridized carbons (Fsp3) is 0.417. The zero-order chi connectivity index (χ0) is 14.3. The lowest BCUT2D eigenvalue weighted by Crippen LogP contribution is -2.24. The number of aliphatic carboxylic acids is 1. The molecule has 0 aromatic heterocycles. The maximum Gasteiger partial charge on any atom is 0.303 e. The van der Waals surface area contributed by atoms with E-state index in [0.29, 0.717) is 25.8 Å². The molecule has 1 rings (SSSR count). The first-order valence-corrected chi connectivity index (χ1v) is 8.16. The summed E-state index contributed by atoms with van der Waals surface area (Å²) in [5.41, 5.74) is 0. The summed E-state index contributed by atoms with van der Waals surface area (Å²) < 4.78 is 27.0. The monoisotopic (exact) mass is 349 g/mol. The molecule has 106 valence electrons. The average molecular weight is 350 g/mol. The van der Waals surface area contributed by atoms with E-state index in [4.69, 9.17) is 5.11 Å². The molecule has 19 heavy (non-hydrogen) atoms. The minimum absolute atomic E-state index is 0.124. The van der Waals surface area contributed by atoms with Crippen LogP contribution < -0.4 is 4.72 Å². The highest BCUT2D eigenvalue weighted by Crippen LogP contribution is 2.14. The summed E-state index contributed by atoms with van der Waals surface area (Å²) in [5.74, 6) is -0.824. The lowest BCUT2D eigenvalue weighted by molar-refractivity contribution is -0.137. The summed E-state index contributed by atoms with van der Waals surface area (Å²) >= 11 is 3.24. The van der Waals surface area contributed by atoms with Crippen LogP contribution >= 0.6 is 15.9 Å². The number of benzene rings is 1. The number of rotatable bonds is 8. The van der Waals surface area contributed by atoms with Crippen LogP contribution in [0.15, 0.2) is 33.6 Å². The third kappa shape index (κ3) is 6.17. The molecule has 0 fully saturated rings. The van der Waals surface area contributed by atoms with Gasteiger partial charge in [0.05, 0.1) is 4.90 Å². The molecule has 0 aliphatic carbocycles. The van der Waals surface area contributed by atoms with Crippen molar-refractivity contribution in [2.24, 2.45) is 0 Å². The molecule has 0 atom stereocenters. The van der Waals surface area contributed by atoms with E-state index in [1.807, 2.05) is 0 Å². The van der Waals surface area contributed by atoms with E-state index in [1.165, 1.54) is 12.1 Å². The van der Waals surface area contributed by atoms with Crippen LogP contribution in [0.4, 0.5) is 0 Å². The van der Waals surface area contributed by atoms with E-state index in [-0.39, 0.29) is 11.3 Å². The van der Waals surface area contributed by atoms with Crippen LogP contribution in [0.3, 0.4) is 0 Å². The van der Waals surface area contributed by atoms with Gasteiger partial charge in [0.25, 0.3) is 0 Å². The van der Waals surface area contributed by atoms with Gasteiger partial charge in [-0.3, -0.25) is 4.79 Å². The summed E-state index contributed by atoms with van der Waals surface area (Å²) in [5, 5.41) is 8.45. The maximum absolute atomic E-state index is 11.9. The molecular weight excluding hydrogens is 334 g/mol. The number of carboxylic acids is 1. The van der Waals surface area contributed by atoms with E-state index in [2.05, 4.69) is 20.7 Å². The number of hydrogen-bond donors (Lipinski definition) is 2. The zero-order valence-corrected chi connectivity index (χ0v) is 12.7. The Labute approximate surface area is 121 Å². The van der Waals surface area contributed by atoms with Gasteiger partial charge in [0.2, 0.25) is 10.0 Å². The third-order valence-corrected chi connectivity index (χ3v) is 4.49. The van der Waals surface area contributed by atoms with Crippen molar-refractivity contribution in [3.8, 4) is 0 Å². The van der Waals surface area contributed by atoms with Gasteiger partial charge in [-0.1, -0.05) is 22.4 Å². The van der Waals surface area contributed by atoms with Gasteiger partial charge in [-0.15, -0.1) is 0 Å². The predicted molar refractivity (Wildman–Crippen MR) is 75.4 cm³/mol. The number of halogens is 1. The quantitative estimate of drug-likeness (QED) is 0.705. The summed E-state index contributed by atoms with van der Waals surface area (Å²) in [6, 6.07) is 6.39. The molecular formula is C12H16BrNO4S. The fourth-order valence-corrected chi connectivity index (χ4v) is 2.82. The molecule has 0 unspecified atom stereocenters. The molecule has 0 aliphatic rings. The third-order valence-electron chi connectivity index (χ3n) is 2.48. The Morgan fingerprint density at radius 1 is 1.16 bits per heavy atom. The van der Waals surface area contributed by atoms with Crippen molar-refractivity contribution in [3.05, 3.63) is 28.7 Å². The van der Waals surface area contributed by atoms with Gasteiger partial charge in [0.15, 0.2) is 0 Å². The number of carbonyl (C=O) groups is 1. The Bertz CT molecular complexity index is 513. The Kier molecular flexibility index (Phi) is 6.47. The zero-order valence-electron chi connectivity index (χ0n) is 10.3. The molecule has 0 spiro atoms. The van der Waals surface area contributed by atoms with E-state index in [1.54, 1.807) is 12.1 Å². The second-order valence-electron chi connectivity index (χ2n) is 4.06. The lowest BCUT2D eigenvalue weighted by atomic mass is 10.2. The van der Waals surface area contributed by atoms with Crippen molar-refractivity contribution in [1.82, 2.24) is 4.72 Å². The highest BCUT2D eigenvalue weighted by molar-refractivity contribution is 9.10. The maximum atomic E-state index is 11.9. The van der Waals surface area contributed by atoms with Crippen LogP contribution in [0, 0.1) is 0 Å². The van der Waals surface area contributed by atoms with Gasteiger partial charge < -0.3 is 5.11 Å². The number of unbranched alkanes of at least 4 members (excludes halogenated alkanes) is 2. The van der Waals surface area contributed by atoms with Crippen molar-refractivity contribution in [2.75, 3.05) is 6.54 Å². The smallest absolute Gasteiger partial charge is 0.303 e. The standard InChI is InChI=1S/C12H16BrNO4S/c13-10-5-7-11(8-6-10)19(17,18)14-9-3-1-2-4-12(15)16/h5-8,14H,1-4,9H2,(H,15,16). The van der Waals surface area contributed by atoms with E-state index in [0.717, 1.165) is 4.47 Å². The molecule has 0 radical (unpaired) electrons. The molecule has 0 saturated heterocycles. The van der Waals surface area contributed by atoms with Gasteiger partial charge >= 0.3 is 5.97 Å². The van der Waals surface area contributed by atoms with E-state index >= 15 is 0 Å². The van der Waals surface area contributed by atoms with Crippen LogP contribution in [0.2, 0.25) is 0 Å². The Morgan fingerprint density at radius 3 is 2.37 bits per heavy atom. The molecule has 0 heterocycles. The Balaban J connectivity index is 2.35. The SMILES string of the molecule is O=C(O)CCCCCNS(=O)(=O)c1ccc(Br)cc1. The van der Waals surface area contributed by atoms with Crippen molar-refractivity contribution in [3.63, 3.8) is 0 Å². The van der Waals surface area contributed by atoms with Crippen LogP contribution in [0.1, 0.15) is 25.7 Å². The summed E-state index contributed by atoms with van der Waals surface area (Å²) in [7, 11) is -3.47. The second-order valence-corrected chi connectivity index (χ2v) is 6.74. The molecule has 0 bridgehead atoms. The van der Waals surface area contributed by atoms with E-state index in [9.17, 15) is 13.2 Å². The minimum atomic E-state index is -3.47. The van der Waals surface area contributed by atoms with Crippen molar-refractivity contribution in [2.45, 2.75) is 30.6 Å². The van der Waals surface area contributed by atoms with Crippen LogP contribution in [0.25, 0.3) is 0 Å². The highest BCUT2D eigenvalue weighted by Gasteiger charge is 2.12. The summed E-state index contributed by atoms with van der Waals surface area (Å²) in [6.07, 6.45) is 2.01. The number of hydrogen-bond acceptors (Lipinski definition) is 3. The molecule has 5 nitrogen and oxygen atoms in total. The number of sulfonamides is 1. The highest BCUT2D eigenvalue weighted by atomic mass is 79.9. The van der Waals surface area contributed by atoms with Crippen molar-refractivity contribution in [1.29, 1.82) is 0 Å². The van der Waals surface area contributed by atoms with Crippen LogP contribution in [-0.2, 0) is 14.8 Å². The summed E-state index contributed by atoms with van der Waals surface area (Å²) in [4.78, 5) is 10.5. The molecule has 7 heteroatoms. The van der Waals surface area contributed by atoms with Crippen molar-refractivity contribution >= 4 is 31.9 Å². The first-order valence-electron chi connectivity index (χ1n) is 5.89. The topological polar surface area (TPSA) is 83.5 Å². The van der Waals surface area contributed by atoms with Gasteiger partial charge in [0, 0.05) is 17.4 Å².